The van der Waals surface area contributed by atoms with Gasteiger partial charge in [-0.05, 0) is 25.1 Å². The fraction of sp³-hybridized carbons (Fsp3) is 0.364. The van der Waals surface area contributed by atoms with Crippen LogP contribution in [0.5, 0.6) is 5.75 Å². The highest BCUT2D eigenvalue weighted by Gasteiger charge is 2.32. The van der Waals surface area contributed by atoms with Crippen LogP contribution < -0.4 is 9.46 Å². The number of carboxylic acids is 1. The molecule has 0 spiro atoms. The highest BCUT2D eigenvalue weighted by molar-refractivity contribution is 7.89. The number of hydrogen-bond donors (Lipinski definition) is 3. The maximum absolute atomic E-state index is 12.3. The van der Waals surface area contributed by atoms with Gasteiger partial charge in [0, 0.05) is 5.02 Å². The first-order valence-corrected chi connectivity index (χ1v) is 7.51. The fourth-order valence-corrected chi connectivity index (χ4v) is 2.80. The number of carbonyl (C=O) groups is 1. The molecule has 0 aliphatic rings. The van der Waals surface area contributed by atoms with Gasteiger partial charge in [-0.1, -0.05) is 11.6 Å². The zero-order valence-electron chi connectivity index (χ0n) is 11.1. The van der Waals surface area contributed by atoms with Gasteiger partial charge in [-0.15, -0.1) is 0 Å². The molecule has 124 valence electrons. The average Bonchev–Trinajstić information content (AvgIpc) is 2.38. The van der Waals surface area contributed by atoms with Crippen molar-refractivity contribution in [3.8, 4) is 5.75 Å². The lowest BCUT2D eigenvalue weighted by molar-refractivity contribution is -0.155. The third-order valence-electron chi connectivity index (χ3n) is 2.48. The molecule has 0 saturated heterocycles. The van der Waals surface area contributed by atoms with Crippen molar-refractivity contribution in [2.45, 2.75) is 24.0 Å². The molecule has 11 heteroatoms. The molecule has 1 aromatic rings. The molecular formula is C11H12ClF2NO6S. The first-order chi connectivity index (χ1) is 9.95. The third kappa shape index (κ3) is 4.77. The summed E-state index contributed by atoms with van der Waals surface area (Å²) in [5, 5.41) is 18.1. The molecule has 0 aliphatic carbocycles. The van der Waals surface area contributed by atoms with E-state index >= 15 is 0 Å². The van der Waals surface area contributed by atoms with Gasteiger partial charge in [0.2, 0.25) is 10.0 Å². The number of benzene rings is 1. The third-order valence-corrected chi connectivity index (χ3v) is 4.14. The van der Waals surface area contributed by atoms with Gasteiger partial charge in [0.15, 0.2) is 5.60 Å². The van der Waals surface area contributed by atoms with Crippen LogP contribution in [0.25, 0.3) is 0 Å². The molecule has 0 radical (unpaired) electrons. The van der Waals surface area contributed by atoms with Crippen LogP contribution in [-0.2, 0) is 14.8 Å². The minimum absolute atomic E-state index is 0.0630. The maximum atomic E-state index is 12.3. The Kier molecular flexibility index (Phi) is 5.68. The molecule has 0 heterocycles. The lowest BCUT2D eigenvalue weighted by Gasteiger charge is -2.19. The van der Waals surface area contributed by atoms with Gasteiger partial charge in [0.1, 0.15) is 10.6 Å². The van der Waals surface area contributed by atoms with E-state index in [0.29, 0.717) is 0 Å². The van der Waals surface area contributed by atoms with E-state index in [9.17, 15) is 27.1 Å². The number of halogens is 3. The van der Waals surface area contributed by atoms with E-state index in [2.05, 4.69) is 4.74 Å². The molecule has 0 saturated carbocycles. The normalized spacial score (nSPS) is 14.6. The predicted molar refractivity (Wildman–Crippen MR) is 71.5 cm³/mol. The Labute approximate surface area is 129 Å². The molecule has 22 heavy (non-hydrogen) atoms. The summed E-state index contributed by atoms with van der Waals surface area (Å²) in [6, 6.07) is 2.93. The maximum Gasteiger partial charge on any atom is 0.387 e. The first kappa shape index (κ1) is 18.6. The Balaban J connectivity index is 3.12. The van der Waals surface area contributed by atoms with Crippen LogP contribution in [-0.4, -0.2) is 43.4 Å². The number of sulfonamides is 1. The Morgan fingerprint density at radius 2 is 2.09 bits per heavy atom. The molecule has 1 rings (SSSR count). The Morgan fingerprint density at radius 3 is 2.59 bits per heavy atom. The van der Waals surface area contributed by atoms with Gasteiger partial charge in [-0.3, -0.25) is 0 Å². The summed E-state index contributed by atoms with van der Waals surface area (Å²) in [5.74, 6) is -2.33. The molecule has 0 bridgehead atoms. The second-order valence-electron chi connectivity index (χ2n) is 4.37. The summed E-state index contributed by atoms with van der Waals surface area (Å²) in [6.07, 6.45) is 0. The Bertz CT molecular complexity index is 665. The molecule has 0 amide bonds. The molecule has 1 aromatic carbocycles. The number of alkyl halides is 2. The second-order valence-corrected chi connectivity index (χ2v) is 6.54. The number of nitrogens with one attached hydrogen (secondary N) is 1. The van der Waals surface area contributed by atoms with Crippen molar-refractivity contribution in [1.29, 1.82) is 0 Å². The van der Waals surface area contributed by atoms with Crippen LogP contribution in [0.2, 0.25) is 5.02 Å². The van der Waals surface area contributed by atoms with Crippen molar-refractivity contribution in [3.63, 3.8) is 0 Å². The van der Waals surface area contributed by atoms with Crippen molar-refractivity contribution < 1.29 is 36.9 Å². The van der Waals surface area contributed by atoms with E-state index in [1.807, 2.05) is 0 Å². The first-order valence-electron chi connectivity index (χ1n) is 5.65. The minimum Gasteiger partial charge on any atom is -0.479 e. The van der Waals surface area contributed by atoms with E-state index in [0.717, 1.165) is 25.1 Å². The molecule has 0 fully saturated rings. The predicted octanol–water partition coefficient (Wildman–Crippen LogP) is 1.06. The van der Waals surface area contributed by atoms with Crippen LogP contribution in [0.1, 0.15) is 6.92 Å². The topological polar surface area (TPSA) is 113 Å². The number of aliphatic hydroxyl groups is 1. The second kappa shape index (κ2) is 6.73. The molecule has 3 N–H and O–H groups in total. The van der Waals surface area contributed by atoms with Gasteiger partial charge in [-0.25, -0.2) is 17.9 Å². The van der Waals surface area contributed by atoms with Gasteiger partial charge in [0.05, 0.1) is 6.54 Å². The Morgan fingerprint density at radius 1 is 1.50 bits per heavy atom. The molecule has 0 aromatic heterocycles. The van der Waals surface area contributed by atoms with Crippen molar-refractivity contribution in [2.24, 2.45) is 0 Å². The van der Waals surface area contributed by atoms with Gasteiger partial charge < -0.3 is 14.9 Å². The Hall–Kier alpha value is -1.49. The van der Waals surface area contributed by atoms with Gasteiger partial charge >= 0.3 is 12.6 Å². The number of hydrogen-bond acceptors (Lipinski definition) is 5. The molecular weight excluding hydrogens is 348 g/mol. The highest BCUT2D eigenvalue weighted by atomic mass is 35.5. The molecule has 7 nitrogen and oxygen atoms in total. The minimum atomic E-state index is -4.44. The summed E-state index contributed by atoms with van der Waals surface area (Å²) in [4.78, 5) is 10.0. The van der Waals surface area contributed by atoms with Crippen molar-refractivity contribution >= 4 is 27.6 Å². The monoisotopic (exact) mass is 359 g/mol. The fourth-order valence-electron chi connectivity index (χ4n) is 1.27. The van der Waals surface area contributed by atoms with E-state index in [1.165, 1.54) is 0 Å². The number of aliphatic carboxylic acids is 1. The van der Waals surface area contributed by atoms with Crippen LogP contribution in [0.15, 0.2) is 23.1 Å². The van der Waals surface area contributed by atoms with Crippen LogP contribution in [0.4, 0.5) is 8.78 Å². The summed E-state index contributed by atoms with van der Waals surface area (Å²) >= 11 is 5.62. The standard InChI is InChI=1S/C11H12ClF2NO6S/c1-11(18,9(16)17)5-15-22(19,20)8-4-6(12)2-3-7(8)21-10(13)14/h2-4,10,15,18H,5H2,1H3,(H,16,17). The SMILES string of the molecule is CC(O)(CNS(=O)(=O)c1cc(Cl)ccc1OC(F)F)C(=O)O. The molecule has 1 unspecified atom stereocenters. The van der Waals surface area contributed by atoms with Crippen molar-refractivity contribution in [2.75, 3.05) is 6.54 Å². The summed E-state index contributed by atoms with van der Waals surface area (Å²) < 4.78 is 54.6. The average molecular weight is 360 g/mol. The lowest BCUT2D eigenvalue weighted by atomic mass is 10.1. The quantitative estimate of drug-likeness (QED) is 0.671. The highest BCUT2D eigenvalue weighted by Crippen LogP contribution is 2.28. The zero-order chi connectivity index (χ0) is 17.1. The summed E-state index contributed by atoms with van der Waals surface area (Å²) in [5.41, 5.74) is -2.38. The van der Waals surface area contributed by atoms with Crippen LogP contribution >= 0.6 is 11.6 Å². The van der Waals surface area contributed by atoms with E-state index in [1.54, 1.807) is 4.72 Å². The van der Waals surface area contributed by atoms with E-state index in [4.69, 9.17) is 16.7 Å². The van der Waals surface area contributed by atoms with Crippen LogP contribution in [0, 0.1) is 0 Å². The van der Waals surface area contributed by atoms with Gasteiger partial charge in [-0.2, -0.15) is 8.78 Å². The van der Waals surface area contributed by atoms with Crippen molar-refractivity contribution in [1.82, 2.24) is 4.72 Å². The van der Waals surface area contributed by atoms with E-state index in [-0.39, 0.29) is 5.02 Å². The van der Waals surface area contributed by atoms with E-state index < -0.39 is 45.4 Å². The number of rotatable bonds is 7. The van der Waals surface area contributed by atoms with Crippen LogP contribution in [0.3, 0.4) is 0 Å². The molecule has 1 atom stereocenters. The lowest BCUT2D eigenvalue weighted by Crippen LogP contribution is -2.46. The van der Waals surface area contributed by atoms with Crippen molar-refractivity contribution in [3.05, 3.63) is 23.2 Å². The number of ether oxygens (including phenoxy) is 1. The largest absolute Gasteiger partial charge is 0.479 e. The smallest absolute Gasteiger partial charge is 0.387 e. The van der Waals surface area contributed by atoms with Gasteiger partial charge in [0.25, 0.3) is 0 Å². The molecule has 0 aliphatic heterocycles. The zero-order valence-corrected chi connectivity index (χ0v) is 12.7. The summed E-state index contributed by atoms with van der Waals surface area (Å²) in [6.45, 7) is -3.28. The number of carboxylic acid groups (broad SMARTS) is 1. The summed E-state index contributed by atoms with van der Waals surface area (Å²) in [7, 11) is -4.44.